The van der Waals surface area contributed by atoms with Gasteiger partial charge in [-0.3, -0.25) is 0 Å². The summed E-state index contributed by atoms with van der Waals surface area (Å²) >= 11 is 0. The maximum Gasteiger partial charge on any atom is 0.160 e. The van der Waals surface area contributed by atoms with Crippen molar-refractivity contribution in [2.75, 3.05) is 0 Å². The first-order valence-corrected chi connectivity index (χ1v) is 20.1. The number of nitrogens with zero attached hydrogens (tertiary/aromatic N) is 2. The highest BCUT2D eigenvalue weighted by Crippen LogP contribution is 2.41. The molecule has 0 bridgehead atoms. The lowest BCUT2D eigenvalue weighted by atomic mass is 9.94. The Morgan fingerprint density at radius 3 is 1.80 bits per heavy atom. The van der Waals surface area contributed by atoms with Crippen molar-refractivity contribution in [2.24, 2.45) is 9.98 Å². The molecule has 276 valence electrons. The number of amidine groups is 2. The van der Waals surface area contributed by atoms with Crippen LogP contribution in [0.15, 0.2) is 215 Å². The first-order valence-electron chi connectivity index (χ1n) is 20.1. The number of hydrogen-bond acceptors (Lipinski definition) is 4. The largest absolute Gasteiger partial charge is 0.455 e. The molecule has 1 aliphatic rings. The minimum Gasteiger partial charge on any atom is -0.455 e. The van der Waals surface area contributed by atoms with Crippen molar-refractivity contribution in [1.29, 1.82) is 0 Å². The lowest BCUT2D eigenvalue weighted by molar-refractivity contribution is 0.669. The van der Waals surface area contributed by atoms with Crippen molar-refractivity contribution in [3.8, 4) is 22.3 Å². The summed E-state index contributed by atoms with van der Waals surface area (Å²) in [5, 5.41) is 15.4. The van der Waals surface area contributed by atoms with Gasteiger partial charge in [0.2, 0.25) is 0 Å². The summed E-state index contributed by atoms with van der Waals surface area (Å²) in [6, 6.07) is 71.0. The van der Waals surface area contributed by atoms with Crippen LogP contribution in [-0.2, 0) is 0 Å². The van der Waals surface area contributed by atoms with E-state index < -0.39 is 6.17 Å². The van der Waals surface area contributed by atoms with Gasteiger partial charge in [-0.05, 0) is 90.1 Å². The molecule has 1 unspecified atom stereocenters. The Hall–Kier alpha value is -7.82. The molecule has 1 atom stereocenters. The fourth-order valence-corrected chi connectivity index (χ4v) is 9.05. The Labute approximate surface area is 340 Å². The van der Waals surface area contributed by atoms with Crippen LogP contribution in [0.5, 0.6) is 0 Å². The standard InChI is InChI=1S/C55H35N3O/c1-2-12-34(13-3-1)35-22-24-37(25-23-35)43-30-31-47(51-46-20-10-11-21-50(46)59-52(43)51)54-56-53(40-29-28-38-27-26-36-14-4-6-16-41(36)48(38)33-40)57-55(58-54)49-32-39-15-5-7-17-42(39)44-18-8-9-19-45(44)49/h1-33,55H,(H,56,57,58). The van der Waals surface area contributed by atoms with Crippen LogP contribution in [0.25, 0.3) is 87.3 Å². The predicted octanol–water partition coefficient (Wildman–Crippen LogP) is 14.0. The summed E-state index contributed by atoms with van der Waals surface area (Å²) in [4.78, 5) is 11.0. The summed E-state index contributed by atoms with van der Waals surface area (Å²) in [7, 11) is 0. The molecule has 0 radical (unpaired) electrons. The number of fused-ring (bicyclic) bond motifs is 9. The van der Waals surface area contributed by atoms with E-state index in [0.717, 1.165) is 61.0 Å². The molecule has 0 spiro atoms. The Kier molecular flexibility index (Phi) is 7.57. The topological polar surface area (TPSA) is 49.9 Å². The van der Waals surface area contributed by atoms with E-state index >= 15 is 0 Å². The van der Waals surface area contributed by atoms with Crippen molar-refractivity contribution in [3.05, 3.63) is 217 Å². The van der Waals surface area contributed by atoms with Gasteiger partial charge in [0.25, 0.3) is 0 Å². The second kappa shape index (κ2) is 13.4. The summed E-state index contributed by atoms with van der Waals surface area (Å²) in [5.41, 5.74) is 9.14. The summed E-state index contributed by atoms with van der Waals surface area (Å²) in [5.74, 6) is 1.43. The fourth-order valence-electron chi connectivity index (χ4n) is 9.05. The molecule has 11 aromatic rings. The van der Waals surface area contributed by atoms with E-state index in [1.165, 1.54) is 48.8 Å². The Morgan fingerprint density at radius 2 is 0.983 bits per heavy atom. The van der Waals surface area contributed by atoms with Gasteiger partial charge in [0, 0.05) is 33.0 Å². The highest BCUT2D eigenvalue weighted by molar-refractivity contribution is 6.24. The lowest BCUT2D eigenvalue weighted by Gasteiger charge is -2.25. The van der Waals surface area contributed by atoms with Crippen LogP contribution in [0.3, 0.4) is 0 Å². The number of benzene rings is 10. The number of nitrogens with one attached hydrogen (secondary N) is 1. The smallest absolute Gasteiger partial charge is 0.160 e. The highest BCUT2D eigenvalue weighted by atomic mass is 16.3. The van der Waals surface area contributed by atoms with Crippen LogP contribution >= 0.6 is 0 Å². The zero-order chi connectivity index (χ0) is 38.9. The number of para-hydroxylation sites is 1. The first kappa shape index (κ1) is 33.3. The average Bonchev–Trinajstić information content (AvgIpc) is 3.71. The number of aliphatic imine (C=N–C) groups is 2. The van der Waals surface area contributed by atoms with Gasteiger partial charge in [-0.2, -0.15) is 0 Å². The quantitative estimate of drug-likeness (QED) is 0.178. The molecule has 59 heavy (non-hydrogen) atoms. The van der Waals surface area contributed by atoms with Crippen molar-refractivity contribution >= 4 is 76.7 Å². The molecule has 12 rings (SSSR count). The molecule has 10 aromatic carbocycles. The molecule has 0 saturated carbocycles. The van der Waals surface area contributed by atoms with Crippen LogP contribution < -0.4 is 5.32 Å². The van der Waals surface area contributed by atoms with Gasteiger partial charge in [-0.25, -0.2) is 9.98 Å². The lowest BCUT2D eigenvalue weighted by Crippen LogP contribution is -2.33. The second-order valence-corrected chi connectivity index (χ2v) is 15.3. The fraction of sp³-hybridized carbons (Fsp3) is 0.0182. The monoisotopic (exact) mass is 753 g/mol. The van der Waals surface area contributed by atoms with Crippen LogP contribution in [0.2, 0.25) is 0 Å². The van der Waals surface area contributed by atoms with E-state index in [-0.39, 0.29) is 0 Å². The third kappa shape index (κ3) is 5.53. The maximum atomic E-state index is 6.78. The zero-order valence-corrected chi connectivity index (χ0v) is 31.9. The van der Waals surface area contributed by atoms with Gasteiger partial charge in [0.1, 0.15) is 23.2 Å². The van der Waals surface area contributed by atoms with Crippen molar-refractivity contribution < 1.29 is 4.42 Å². The minimum absolute atomic E-state index is 0.423. The molecule has 0 amide bonds. The van der Waals surface area contributed by atoms with E-state index in [1.807, 2.05) is 18.2 Å². The Bertz CT molecular complexity index is 3520. The number of furan rings is 1. The maximum absolute atomic E-state index is 6.78. The predicted molar refractivity (Wildman–Crippen MR) is 246 cm³/mol. The number of rotatable bonds is 5. The van der Waals surface area contributed by atoms with Gasteiger partial charge in [0.05, 0.1) is 0 Å². The Morgan fingerprint density at radius 1 is 0.407 bits per heavy atom. The SMILES string of the molecule is c1ccc(-c2ccc(-c3ccc(C4=NC(c5cc6ccccc6c6ccccc56)NC(c5ccc6ccc7ccccc7c6c5)=N4)c4c3oc3ccccc34)cc2)cc1. The molecule has 1 N–H and O–H groups in total. The van der Waals surface area contributed by atoms with Gasteiger partial charge in [-0.15, -0.1) is 0 Å². The van der Waals surface area contributed by atoms with E-state index in [1.54, 1.807) is 0 Å². The molecular weight excluding hydrogens is 719 g/mol. The average molecular weight is 754 g/mol. The van der Waals surface area contributed by atoms with Crippen LogP contribution in [0.4, 0.5) is 0 Å². The molecule has 1 aromatic heterocycles. The molecule has 4 nitrogen and oxygen atoms in total. The number of hydrogen-bond donors (Lipinski definition) is 1. The van der Waals surface area contributed by atoms with Crippen molar-refractivity contribution in [3.63, 3.8) is 0 Å². The minimum atomic E-state index is -0.423. The molecule has 0 aliphatic carbocycles. The van der Waals surface area contributed by atoms with Gasteiger partial charge in [-0.1, -0.05) is 170 Å². The van der Waals surface area contributed by atoms with Crippen molar-refractivity contribution in [2.45, 2.75) is 6.17 Å². The second-order valence-electron chi connectivity index (χ2n) is 15.3. The van der Waals surface area contributed by atoms with Crippen LogP contribution in [0, 0.1) is 0 Å². The normalized spacial score (nSPS) is 14.3. The molecule has 4 heteroatoms. The van der Waals surface area contributed by atoms with Crippen LogP contribution in [-0.4, -0.2) is 11.7 Å². The van der Waals surface area contributed by atoms with Gasteiger partial charge in [0.15, 0.2) is 5.84 Å². The third-order valence-corrected chi connectivity index (χ3v) is 11.9. The van der Waals surface area contributed by atoms with E-state index in [4.69, 9.17) is 14.4 Å². The highest BCUT2D eigenvalue weighted by Gasteiger charge is 2.26. The summed E-state index contributed by atoms with van der Waals surface area (Å²) in [6.45, 7) is 0. The third-order valence-electron chi connectivity index (χ3n) is 11.9. The summed E-state index contributed by atoms with van der Waals surface area (Å²) < 4.78 is 6.78. The van der Waals surface area contributed by atoms with E-state index in [9.17, 15) is 0 Å². The molecule has 0 saturated heterocycles. The molecule has 0 fully saturated rings. The van der Waals surface area contributed by atoms with E-state index in [0.29, 0.717) is 5.84 Å². The summed E-state index contributed by atoms with van der Waals surface area (Å²) in [6.07, 6.45) is -0.423. The first-order chi connectivity index (χ1) is 29.2. The van der Waals surface area contributed by atoms with Crippen LogP contribution in [0.1, 0.15) is 22.9 Å². The van der Waals surface area contributed by atoms with Crippen molar-refractivity contribution in [1.82, 2.24) is 5.32 Å². The molecular formula is C55H35N3O. The molecule has 1 aliphatic heterocycles. The van der Waals surface area contributed by atoms with Gasteiger partial charge >= 0.3 is 0 Å². The van der Waals surface area contributed by atoms with Gasteiger partial charge < -0.3 is 9.73 Å². The zero-order valence-electron chi connectivity index (χ0n) is 31.9. The Balaban J connectivity index is 1.08. The molecule has 2 heterocycles. The van der Waals surface area contributed by atoms with E-state index in [2.05, 4.69) is 187 Å².